The second-order valence-corrected chi connectivity index (χ2v) is 6.79. The van der Waals surface area contributed by atoms with Gasteiger partial charge >= 0.3 is 0 Å². The van der Waals surface area contributed by atoms with E-state index in [2.05, 4.69) is 30.4 Å². The number of rotatable bonds is 6. The molecule has 3 rings (SSSR count). The van der Waals surface area contributed by atoms with Crippen LogP contribution in [0, 0.1) is 0 Å². The number of carbonyl (C=O) groups is 1. The lowest BCUT2D eigenvalue weighted by atomic mass is 9.88. The minimum atomic E-state index is 0.0646. The van der Waals surface area contributed by atoms with Crippen LogP contribution < -0.4 is 10.1 Å². The smallest absolute Gasteiger partial charge is 0.224 e. The van der Waals surface area contributed by atoms with Gasteiger partial charge in [0.05, 0.1) is 19.6 Å². The second-order valence-electron chi connectivity index (χ2n) is 6.79. The van der Waals surface area contributed by atoms with E-state index in [1.807, 2.05) is 24.3 Å². The van der Waals surface area contributed by atoms with Crippen molar-refractivity contribution in [3.63, 3.8) is 0 Å². The van der Waals surface area contributed by atoms with Crippen LogP contribution in [0.15, 0.2) is 42.5 Å². The molecule has 0 aromatic heterocycles. The summed E-state index contributed by atoms with van der Waals surface area (Å²) in [7, 11) is 1.64. The fourth-order valence-corrected chi connectivity index (χ4v) is 3.57. The molecule has 1 aliphatic carbocycles. The Balaban J connectivity index is 1.65. The average Bonchev–Trinajstić information content (AvgIpc) is 2.66. The number of hydrogen-bond acceptors (Lipinski definition) is 2. The number of ether oxygens (including phenoxy) is 1. The summed E-state index contributed by atoms with van der Waals surface area (Å²) in [4.78, 5) is 12.5. The molecule has 2 aromatic carbocycles. The van der Waals surface area contributed by atoms with Gasteiger partial charge in [0.25, 0.3) is 0 Å². The van der Waals surface area contributed by atoms with Crippen LogP contribution in [0.1, 0.15) is 54.5 Å². The van der Waals surface area contributed by atoms with Crippen molar-refractivity contribution in [2.75, 3.05) is 7.11 Å². The lowest BCUT2D eigenvalue weighted by Crippen LogP contribution is -2.29. The van der Waals surface area contributed by atoms with E-state index in [4.69, 9.17) is 4.74 Å². The highest BCUT2D eigenvalue weighted by Crippen LogP contribution is 2.26. The predicted octanol–water partition coefficient (Wildman–Crippen LogP) is 4.38. The third kappa shape index (κ3) is 4.41. The summed E-state index contributed by atoms with van der Waals surface area (Å²) in [5.74, 6) is 0.874. The van der Waals surface area contributed by atoms with Crippen LogP contribution in [0.5, 0.6) is 5.75 Å². The summed E-state index contributed by atoms with van der Waals surface area (Å²) in [6.45, 7) is 2.12. The van der Waals surface area contributed by atoms with Gasteiger partial charge < -0.3 is 10.1 Å². The van der Waals surface area contributed by atoms with E-state index in [0.29, 0.717) is 6.42 Å². The summed E-state index contributed by atoms with van der Waals surface area (Å²) in [5.41, 5.74) is 5.17. The minimum Gasteiger partial charge on any atom is -0.497 e. The average molecular weight is 337 g/mol. The zero-order valence-corrected chi connectivity index (χ0v) is 15.2. The van der Waals surface area contributed by atoms with E-state index < -0.39 is 0 Å². The fraction of sp³-hybridized carbons (Fsp3) is 0.409. The molecule has 0 saturated heterocycles. The molecule has 0 radical (unpaired) electrons. The molecule has 0 unspecified atom stereocenters. The van der Waals surface area contributed by atoms with Crippen LogP contribution in [0.3, 0.4) is 0 Å². The zero-order valence-electron chi connectivity index (χ0n) is 15.2. The maximum atomic E-state index is 12.5. The van der Waals surface area contributed by atoms with Gasteiger partial charge in [-0.2, -0.15) is 0 Å². The van der Waals surface area contributed by atoms with Crippen LogP contribution in [-0.4, -0.2) is 13.0 Å². The largest absolute Gasteiger partial charge is 0.497 e. The van der Waals surface area contributed by atoms with Crippen LogP contribution in [0.4, 0.5) is 0 Å². The van der Waals surface area contributed by atoms with Crippen molar-refractivity contribution in [1.82, 2.24) is 5.32 Å². The Kier molecular flexibility index (Phi) is 5.75. The molecule has 0 spiro atoms. The van der Waals surface area contributed by atoms with Gasteiger partial charge in [-0.1, -0.05) is 37.3 Å². The van der Waals surface area contributed by atoms with Gasteiger partial charge in [0.15, 0.2) is 0 Å². The molecule has 0 saturated carbocycles. The van der Waals surface area contributed by atoms with Crippen molar-refractivity contribution in [2.24, 2.45) is 0 Å². The van der Waals surface area contributed by atoms with Crippen LogP contribution in [-0.2, 0) is 24.1 Å². The Morgan fingerprint density at radius 2 is 1.80 bits per heavy atom. The zero-order chi connectivity index (χ0) is 17.6. The number of benzene rings is 2. The van der Waals surface area contributed by atoms with Crippen LogP contribution >= 0.6 is 0 Å². The van der Waals surface area contributed by atoms with Gasteiger partial charge in [-0.15, -0.1) is 0 Å². The van der Waals surface area contributed by atoms with E-state index in [-0.39, 0.29) is 11.9 Å². The van der Waals surface area contributed by atoms with Gasteiger partial charge in [-0.05, 0) is 66.5 Å². The number of carbonyl (C=O) groups excluding carboxylic acids is 1. The highest BCUT2D eigenvalue weighted by atomic mass is 16.5. The van der Waals surface area contributed by atoms with Gasteiger partial charge in [-0.3, -0.25) is 4.79 Å². The number of methoxy groups -OCH3 is 1. The summed E-state index contributed by atoms with van der Waals surface area (Å²) in [6, 6.07) is 14.5. The Labute approximate surface area is 150 Å². The molecular formula is C22H27NO2. The molecule has 0 aliphatic heterocycles. The van der Waals surface area contributed by atoms with Crippen molar-refractivity contribution < 1.29 is 9.53 Å². The van der Waals surface area contributed by atoms with Gasteiger partial charge in [0.2, 0.25) is 5.91 Å². The van der Waals surface area contributed by atoms with Gasteiger partial charge in [0, 0.05) is 0 Å². The Morgan fingerprint density at radius 1 is 1.08 bits per heavy atom. The van der Waals surface area contributed by atoms with Crippen molar-refractivity contribution >= 4 is 5.91 Å². The maximum Gasteiger partial charge on any atom is 0.224 e. The maximum absolute atomic E-state index is 12.5. The van der Waals surface area contributed by atoms with E-state index in [1.165, 1.54) is 42.4 Å². The number of amides is 1. The van der Waals surface area contributed by atoms with Crippen LogP contribution in [0.2, 0.25) is 0 Å². The molecule has 1 amide bonds. The van der Waals surface area contributed by atoms with Crippen molar-refractivity contribution in [1.29, 1.82) is 0 Å². The van der Waals surface area contributed by atoms with Crippen LogP contribution in [0.25, 0.3) is 0 Å². The minimum absolute atomic E-state index is 0.0646. The Morgan fingerprint density at radius 3 is 2.48 bits per heavy atom. The number of aryl methyl sites for hydroxylation is 2. The molecular weight excluding hydrogens is 310 g/mol. The SMILES string of the molecule is CC[C@H](NC(=O)Cc1ccc(OC)cc1)c1ccc2c(c1)CCCC2. The predicted molar refractivity (Wildman–Crippen MR) is 101 cm³/mol. The quantitative estimate of drug-likeness (QED) is 0.849. The molecule has 0 fully saturated rings. The van der Waals surface area contributed by atoms with E-state index >= 15 is 0 Å². The topological polar surface area (TPSA) is 38.3 Å². The van der Waals surface area contributed by atoms with E-state index in [0.717, 1.165) is 17.7 Å². The molecule has 1 atom stereocenters. The third-order valence-corrected chi connectivity index (χ3v) is 5.04. The van der Waals surface area contributed by atoms with Crippen molar-refractivity contribution in [2.45, 2.75) is 51.5 Å². The summed E-state index contributed by atoms with van der Waals surface area (Å²) < 4.78 is 5.16. The van der Waals surface area contributed by atoms with Crippen molar-refractivity contribution in [3.05, 3.63) is 64.7 Å². The van der Waals surface area contributed by atoms with E-state index in [1.54, 1.807) is 7.11 Å². The lowest BCUT2D eigenvalue weighted by molar-refractivity contribution is -0.121. The van der Waals surface area contributed by atoms with Crippen molar-refractivity contribution in [3.8, 4) is 5.75 Å². The first-order valence-corrected chi connectivity index (χ1v) is 9.23. The fourth-order valence-electron chi connectivity index (χ4n) is 3.57. The molecule has 132 valence electrons. The molecule has 3 nitrogen and oxygen atoms in total. The molecule has 2 aromatic rings. The molecule has 3 heteroatoms. The third-order valence-electron chi connectivity index (χ3n) is 5.04. The molecule has 25 heavy (non-hydrogen) atoms. The molecule has 0 heterocycles. The number of nitrogens with one attached hydrogen (secondary N) is 1. The summed E-state index contributed by atoms with van der Waals surface area (Å²) in [5, 5.41) is 3.20. The first-order chi connectivity index (χ1) is 12.2. The first kappa shape index (κ1) is 17.5. The lowest BCUT2D eigenvalue weighted by Gasteiger charge is -2.22. The number of fused-ring (bicyclic) bond motifs is 1. The number of hydrogen-bond donors (Lipinski definition) is 1. The first-order valence-electron chi connectivity index (χ1n) is 9.23. The van der Waals surface area contributed by atoms with E-state index in [9.17, 15) is 4.79 Å². The second kappa shape index (κ2) is 8.19. The molecule has 1 aliphatic rings. The molecule has 0 bridgehead atoms. The summed E-state index contributed by atoms with van der Waals surface area (Å²) >= 11 is 0. The normalized spacial score (nSPS) is 14.5. The highest BCUT2D eigenvalue weighted by molar-refractivity contribution is 5.79. The standard InChI is InChI=1S/C22H27NO2/c1-3-21(19-11-10-17-6-4-5-7-18(17)15-19)23-22(24)14-16-8-12-20(25-2)13-9-16/h8-13,15,21H,3-7,14H2,1-2H3,(H,23,24)/t21-/m0/s1. The highest BCUT2D eigenvalue weighted by Gasteiger charge is 2.16. The molecule has 1 N–H and O–H groups in total. The monoisotopic (exact) mass is 337 g/mol. The Hall–Kier alpha value is -2.29. The summed E-state index contributed by atoms with van der Waals surface area (Å²) in [6.07, 6.45) is 6.22. The van der Waals surface area contributed by atoms with Gasteiger partial charge in [0.1, 0.15) is 5.75 Å². The Bertz CT molecular complexity index is 721. The van der Waals surface area contributed by atoms with Gasteiger partial charge in [-0.25, -0.2) is 0 Å².